The lowest BCUT2D eigenvalue weighted by atomic mass is 9.78. The van der Waals surface area contributed by atoms with Crippen LogP contribution in [0.2, 0.25) is 0 Å². The lowest BCUT2D eigenvalue weighted by molar-refractivity contribution is -0.129. The summed E-state index contributed by atoms with van der Waals surface area (Å²) in [6, 6.07) is 8.46. The summed E-state index contributed by atoms with van der Waals surface area (Å²) >= 11 is 0. The number of nitrogens with zero attached hydrogens (tertiary/aromatic N) is 1. The number of carbonyl (C=O) groups is 1. The molecule has 1 aromatic rings. The fourth-order valence-electron chi connectivity index (χ4n) is 3.80. The number of hydrogen-bond donors (Lipinski definition) is 1. The zero-order valence-corrected chi connectivity index (χ0v) is 13.4. The quantitative estimate of drug-likeness (QED) is 0.912. The molecule has 1 amide bonds. The van der Waals surface area contributed by atoms with E-state index in [1.165, 1.54) is 18.4 Å². The van der Waals surface area contributed by atoms with Gasteiger partial charge in [0, 0.05) is 19.1 Å². The first-order chi connectivity index (χ1) is 9.65. The monoisotopic (exact) mass is 308 g/mol. The SMILES string of the molecule is Cc1ccccc1CC(=O)N1CC2CCCC(N)C2C1.Cl. The molecule has 0 bridgehead atoms. The zero-order valence-electron chi connectivity index (χ0n) is 12.6. The van der Waals surface area contributed by atoms with Crippen LogP contribution in [0, 0.1) is 18.8 Å². The van der Waals surface area contributed by atoms with Crippen molar-refractivity contribution in [1.29, 1.82) is 0 Å². The summed E-state index contributed by atoms with van der Waals surface area (Å²) in [7, 11) is 0. The van der Waals surface area contributed by atoms with Crippen molar-refractivity contribution in [2.75, 3.05) is 13.1 Å². The maximum atomic E-state index is 12.5. The summed E-state index contributed by atoms with van der Waals surface area (Å²) in [6.45, 7) is 3.86. The lowest BCUT2D eigenvalue weighted by Gasteiger charge is -2.29. The number of nitrogens with two attached hydrogens (primary N) is 1. The van der Waals surface area contributed by atoms with Gasteiger partial charge in [-0.05, 0) is 42.7 Å². The molecule has 0 aromatic heterocycles. The minimum atomic E-state index is 0. The fourth-order valence-corrected chi connectivity index (χ4v) is 3.80. The highest BCUT2D eigenvalue weighted by molar-refractivity contribution is 5.85. The molecule has 1 aromatic carbocycles. The van der Waals surface area contributed by atoms with Gasteiger partial charge in [-0.2, -0.15) is 0 Å². The molecule has 1 aliphatic carbocycles. The third-order valence-electron chi connectivity index (χ3n) is 5.11. The molecule has 2 aliphatic rings. The lowest BCUT2D eigenvalue weighted by Crippen LogP contribution is -2.38. The topological polar surface area (TPSA) is 46.3 Å². The van der Waals surface area contributed by atoms with E-state index in [-0.39, 0.29) is 18.3 Å². The Morgan fingerprint density at radius 1 is 1.29 bits per heavy atom. The Bertz CT molecular complexity index is 505. The summed E-state index contributed by atoms with van der Waals surface area (Å²) in [4.78, 5) is 14.6. The van der Waals surface area contributed by atoms with Crippen molar-refractivity contribution >= 4 is 18.3 Å². The average molecular weight is 309 g/mol. The van der Waals surface area contributed by atoms with Gasteiger partial charge in [-0.15, -0.1) is 12.4 Å². The van der Waals surface area contributed by atoms with E-state index in [1.807, 2.05) is 17.0 Å². The number of halogens is 1. The Morgan fingerprint density at radius 2 is 2.05 bits per heavy atom. The van der Waals surface area contributed by atoms with Crippen molar-refractivity contribution in [2.24, 2.45) is 17.6 Å². The van der Waals surface area contributed by atoms with Crippen molar-refractivity contribution in [3.05, 3.63) is 35.4 Å². The van der Waals surface area contributed by atoms with E-state index in [0.717, 1.165) is 25.1 Å². The second kappa shape index (κ2) is 6.80. The average Bonchev–Trinajstić information content (AvgIpc) is 2.87. The summed E-state index contributed by atoms with van der Waals surface area (Å²) < 4.78 is 0. The van der Waals surface area contributed by atoms with Crippen LogP contribution >= 0.6 is 12.4 Å². The first-order valence-corrected chi connectivity index (χ1v) is 7.73. The molecule has 1 saturated carbocycles. The minimum absolute atomic E-state index is 0. The Morgan fingerprint density at radius 3 is 2.76 bits per heavy atom. The standard InChI is InChI=1S/C17H24N2O.ClH/c1-12-5-2-3-6-13(12)9-17(20)19-10-14-7-4-8-16(18)15(14)11-19;/h2-3,5-6,14-16H,4,7-11,18H2,1H3;1H. The number of hydrogen-bond acceptors (Lipinski definition) is 2. The molecule has 116 valence electrons. The molecular weight excluding hydrogens is 284 g/mol. The van der Waals surface area contributed by atoms with Crippen LogP contribution in [0.25, 0.3) is 0 Å². The van der Waals surface area contributed by atoms with Crippen molar-refractivity contribution in [1.82, 2.24) is 4.90 Å². The maximum absolute atomic E-state index is 12.5. The molecule has 3 unspecified atom stereocenters. The van der Waals surface area contributed by atoms with Gasteiger partial charge in [0.2, 0.25) is 5.91 Å². The van der Waals surface area contributed by atoms with Gasteiger partial charge in [-0.25, -0.2) is 0 Å². The largest absolute Gasteiger partial charge is 0.342 e. The molecule has 3 atom stereocenters. The van der Waals surface area contributed by atoms with Gasteiger partial charge in [0.1, 0.15) is 0 Å². The van der Waals surface area contributed by atoms with Gasteiger partial charge in [0.05, 0.1) is 6.42 Å². The van der Waals surface area contributed by atoms with Crippen LogP contribution in [-0.4, -0.2) is 29.9 Å². The second-order valence-electron chi connectivity index (χ2n) is 6.42. The third-order valence-corrected chi connectivity index (χ3v) is 5.11. The van der Waals surface area contributed by atoms with Crippen LogP contribution in [0.1, 0.15) is 30.4 Å². The van der Waals surface area contributed by atoms with E-state index >= 15 is 0 Å². The molecule has 21 heavy (non-hydrogen) atoms. The van der Waals surface area contributed by atoms with Crippen LogP contribution in [-0.2, 0) is 11.2 Å². The van der Waals surface area contributed by atoms with Crippen molar-refractivity contribution < 1.29 is 4.79 Å². The van der Waals surface area contributed by atoms with E-state index in [9.17, 15) is 4.79 Å². The molecule has 1 heterocycles. The number of amides is 1. The molecule has 3 nitrogen and oxygen atoms in total. The zero-order chi connectivity index (χ0) is 14.1. The Labute approximate surface area is 133 Å². The summed E-state index contributed by atoms with van der Waals surface area (Å²) in [6.07, 6.45) is 4.12. The van der Waals surface area contributed by atoms with Crippen LogP contribution in [0.4, 0.5) is 0 Å². The molecule has 1 saturated heterocycles. The predicted molar refractivity (Wildman–Crippen MR) is 87.5 cm³/mol. The third kappa shape index (κ3) is 3.41. The number of fused-ring (bicyclic) bond motifs is 1. The first-order valence-electron chi connectivity index (χ1n) is 7.73. The highest BCUT2D eigenvalue weighted by Crippen LogP contribution is 2.35. The maximum Gasteiger partial charge on any atom is 0.227 e. The number of rotatable bonds is 2. The molecule has 3 rings (SSSR count). The van der Waals surface area contributed by atoms with Crippen molar-refractivity contribution in [3.63, 3.8) is 0 Å². The summed E-state index contributed by atoms with van der Waals surface area (Å²) in [5, 5.41) is 0. The number of carbonyl (C=O) groups excluding carboxylic acids is 1. The van der Waals surface area contributed by atoms with E-state index < -0.39 is 0 Å². The van der Waals surface area contributed by atoms with E-state index in [0.29, 0.717) is 24.3 Å². The van der Waals surface area contributed by atoms with Crippen molar-refractivity contribution in [3.8, 4) is 0 Å². The Balaban J connectivity index is 0.00000161. The van der Waals surface area contributed by atoms with Gasteiger partial charge in [0.15, 0.2) is 0 Å². The van der Waals surface area contributed by atoms with Gasteiger partial charge in [-0.1, -0.05) is 30.7 Å². The Hall–Kier alpha value is -1.06. The predicted octanol–water partition coefficient (Wildman–Crippen LogP) is 2.55. The van der Waals surface area contributed by atoms with Gasteiger partial charge < -0.3 is 10.6 Å². The van der Waals surface area contributed by atoms with E-state index in [1.54, 1.807) is 0 Å². The molecule has 2 N–H and O–H groups in total. The highest BCUT2D eigenvalue weighted by atomic mass is 35.5. The molecule has 0 radical (unpaired) electrons. The summed E-state index contributed by atoms with van der Waals surface area (Å²) in [5.41, 5.74) is 8.57. The number of aryl methyl sites for hydroxylation is 1. The summed E-state index contributed by atoms with van der Waals surface area (Å²) in [5.74, 6) is 1.44. The van der Waals surface area contributed by atoms with Gasteiger partial charge >= 0.3 is 0 Å². The van der Waals surface area contributed by atoms with Gasteiger partial charge in [0.25, 0.3) is 0 Å². The first kappa shape index (κ1) is 16.3. The molecular formula is C17H25ClN2O. The van der Waals surface area contributed by atoms with Crippen LogP contribution in [0.15, 0.2) is 24.3 Å². The molecule has 1 aliphatic heterocycles. The second-order valence-corrected chi connectivity index (χ2v) is 6.42. The Kier molecular flexibility index (Phi) is 5.28. The normalized spacial score (nSPS) is 27.9. The van der Waals surface area contributed by atoms with Crippen LogP contribution < -0.4 is 5.73 Å². The van der Waals surface area contributed by atoms with Crippen LogP contribution in [0.3, 0.4) is 0 Å². The smallest absolute Gasteiger partial charge is 0.227 e. The number of likely N-dealkylation sites (tertiary alicyclic amines) is 1. The fraction of sp³-hybridized carbons (Fsp3) is 0.588. The number of benzene rings is 1. The molecule has 0 spiro atoms. The van der Waals surface area contributed by atoms with Crippen LogP contribution in [0.5, 0.6) is 0 Å². The van der Waals surface area contributed by atoms with Crippen molar-refractivity contribution in [2.45, 2.75) is 38.6 Å². The highest BCUT2D eigenvalue weighted by Gasteiger charge is 2.40. The van der Waals surface area contributed by atoms with E-state index in [4.69, 9.17) is 5.73 Å². The minimum Gasteiger partial charge on any atom is -0.342 e. The molecule has 4 heteroatoms. The van der Waals surface area contributed by atoms with E-state index in [2.05, 4.69) is 19.1 Å². The molecule has 2 fully saturated rings. The van der Waals surface area contributed by atoms with Gasteiger partial charge in [-0.3, -0.25) is 4.79 Å².